The Labute approximate surface area is 89.6 Å². The average Bonchev–Trinajstić information content (AvgIpc) is 2.55. The molecule has 4 nitrogen and oxygen atoms in total. The van der Waals surface area contributed by atoms with E-state index in [2.05, 4.69) is 0 Å². The summed E-state index contributed by atoms with van der Waals surface area (Å²) in [4.78, 5) is 24.3. The van der Waals surface area contributed by atoms with Gasteiger partial charge in [-0.25, -0.2) is 4.79 Å². The Kier molecular flexibility index (Phi) is 2.07. The first kappa shape index (κ1) is 10.5. The van der Waals surface area contributed by atoms with Crippen LogP contribution in [-0.4, -0.2) is 34.5 Å². The number of fused-ring (bicyclic) bond motifs is 1. The Bertz CT molecular complexity index is 307. The molecule has 1 amide bonds. The summed E-state index contributed by atoms with van der Waals surface area (Å²) in [6.45, 7) is 5.49. The predicted molar refractivity (Wildman–Crippen MR) is 54.5 cm³/mol. The van der Waals surface area contributed by atoms with Gasteiger partial charge < -0.3 is 9.53 Å². The number of carbonyl (C=O) groups is 2. The molecule has 2 atom stereocenters. The van der Waals surface area contributed by atoms with Crippen LogP contribution in [-0.2, 0) is 9.53 Å². The number of rotatable bonds is 1. The van der Waals surface area contributed by atoms with Gasteiger partial charge in [-0.2, -0.15) is 0 Å². The zero-order valence-corrected chi connectivity index (χ0v) is 9.45. The molecule has 0 aromatic heterocycles. The molecule has 0 N–H and O–H groups in total. The van der Waals surface area contributed by atoms with Crippen LogP contribution in [0.5, 0.6) is 0 Å². The van der Waals surface area contributed by atoms with E-state index in [9.17, 15) is 9.59 Å². The van der Waals surface area contributed by atoms with E-state index < -0.39 is 11.1 Å². The van der Waals surface area contributed by atoms with Gasteiger partial charge >= 0.3 is 6.09 Å². The zero-order chi connectivity index (χ0) is 11.3. The van der Waals surface area contributed by atoms with E-state index in [0.29, 0.717) is 0 Å². The van der Waals surface area contributed by atoms with Crippen molar-refractivity contribution in [3.8, 4) is 0 Å². The fraction of sp³-hybridized carbons (Fsp3) is 0.818. The second-order valence-electron chi connectivity index (χ2n) is 5.37. The molecule has 4 heteroatoms. The van der Waals surface area contributed by atoms with Crippen LogP contribution >= 0.6 is 0 Å². The lowest BCUT2D eigenvalue weighted by atomic mass is 10.1. The number of hydrogen-bond donors (Lipinski definition) is 0. The van der Waals surface area contributed by atoms with Gasteiger partial charge in [0, 0.05) is 0 Å². The fourth-order valence-electron chi connectivity index (χ4n) is 2.46. The van der Waals surface area contributed by atoms with Gasteiger partial charge in [0.25, 0.3) is 0 Å². The number of piperidine rings is 1. The summed E-state index contributed by atoms with van der Waals surface area (Å²) in [6, 6.07) is 0.102. The number of ether oxygens (including phenoxy) is 1. The molecule has 1 saturated carbocycles. The molecule has 0 bridgehead atoms. The van der Waals surface area contributed by atoms with Crippen molar-refractivity contribution in [1.82, 2.24) is 4.90 Å². The van der Waals surface area contributed by atoms with Crippen LogP contribution in [0.25, 0.3) is 0 Å². The van der Waals surface area contributed by atoms with E-state index in [1.54, 1.807) is 4.90 Å². The topological polar surface area (TPSA) is 46.4 Å². The van der Waals surface area contributed by atoms with Gasteiger partial charge in [-0.3, -0.25) is 4.90 Å². The largest absolute Gasteiger partial charge is 0.444 e. The van der Waals surface area contributed by atoms with Gasteiger partial charge in [0.05, 0.1) is 6.04 Å². The van der Waals surface area contributed by atoms with Crippen molar-refractivity contribution in [2.24, 2.45) is 0 Å². The Balaban J connectivity index is 2.03. The highest BCUT2D eigenvalue weighted by Gasteiger charge is 2.68. The number of amides is 1. The van der Waals surface area contributed by atoms with Crippen molar-refractivity contribution in [2.75, 3.05) is 0 Å². The summed E-state index contributed by atoms with van der Waals surface area (Å²) in [5, 5.41) is 0. The smallest absolute Gasteiger partial charge is 0.411 e. The summed E-state index contributed by atoms with van der Waals surface area (Å²) in [5.41, 5.74) is -1.000. The fourth-order valence-corrected chi connectivity index (χ4v) is 2.46. The lowest BCUT2D eigenvalue weighted by Crippen LogP contribution is -2.32. The van der Waals surface area contributed by atoms with E-state index in [4.69, 9.17) is 4.74 Å². The van der Waals surface area contributed by atoms with Crippen molar-refractivity contribution in [1.29, 1.82) is 0 Å². The molecule has 2 rings (SSSR count). The van der Waals surface area contributed by atoms with Crippen molar-refractivity contribution < 1.29 is 14.3 Å². The first-order valence-corrected chi connectivity index (χ1v) is 5.39. The van der Waals surface area contributed by atoms with E-state index in [-0.39, 0.29) is 12.1 Å². The molecule has 2 aliphatic rings. The maximum Gasteiger partial charge on any atom is 0.411 e. The molecule has 1 heterocycles. The quantitative estimate of drug-likeness (QED) is 0.490. The van der Waals surface area contributed by atoms with Crippen LogP contribution in [0.3, 0.4) is 0 Å². The van der Waals surface area contributed by atoms with E-state index in [1.165, 1.54) is 0 Å². The minimum Gasteiger partial charge on any atom is -0.444 e. The summed E-state index contributed by atoms with van der Waals surface area (Å²) in [5.74, 6) is 0. The monoisotopic (exact) mass is 211 g/mol. The number of nitrogens with zero attached hydrogens (tertiary/aromatic N) is 1. The minimum atomic E-state index is -0.512. The summed E-state index contributed by atoms with van der Waals surface area (Å²) in [7, 11) is 0. The van der Waals surface area contributed by atoms with Crippen LogP contribution in [0.1, 0.15) is 40.0 Å². The lowest BCUT2D eigenvalue weighted by molar-refractivity contribution is -0.111. The normalized spacial score (nSPS) is 33.5. The number of hydrogen-bond acceptors (Lipinski definition) is 3. The predicted octanol–water partition coefficient (Wildman–Crippen LogP) is 1.73. The molecule has 0 aromatic rings. The van der Waals surface area contributed by atoms with Gasteiger partial charge in [-0.1, -0.05) is 0 Å². The van der Waals surface area contributed by atoms with Crippen LogP contribution in [0.15, 0.2) is 0 Å². The molecule has 0 unspecified atom stereocenters. The maximum absolute atomic E-state index is 11.7. The third-order valence-electron chi connectivity index (χ3n) is 3.12. The molecular formula is C11H17NO3. The third kappa shape index (κ3) is 1.52. The van der Waals surface area contributed by atoms with Crippen molar-refractivity contribution in [2.45, 2.75) is 57.2 Å². The molecule has 0 radical (unpaired) electrons. The summed E-state index contributed by atoms with van der Waals surface area (Å²) >= 11 is 0. The van der Waals surface area contributed by atoms with E-state index in [1.807, 2.05) is 20.8 Å². The third-order valence-corrected chi connectivity index (χ3v) is 3.12. The Morgan fingerprint density at radius 1 is 1.53 bits per heavy atom. The number of carbonyl (C=O) groups excluding carboxylic acids is 2. The molecule has 1 saturated heterocycles. The Hall–Kier alpha value is -1.06. The highest BCUT2D eigenvalue weighted by Crippen LogP contribution is 2.52. The maximum atomic E-state index is 11.7. The van der Waals surface area contributed by atoms with Crippen LogP contribution in [0.2, 0.25) is 0 Å². The van der Waals surface area contributed by atoms with Gasteiger partial charge in [0.2, 0.25) is 0 Å². The highest BCUT2D eigenvalue weighted by molar-refractivity contribution is 5.85. The molecule has 0 aromatic carbocycles. The van der Waals surface area contributed by atoms with Gasteiger partial charge in [0.1, 0.15) is 17.4 Å². The second kappa shape index (κ2) is 2.97. The molecule has 1 aliphatic carbocycles. The molecule has 0 spiro atoms. The van der Waals surface area contributed by atoms with Gasteiger partial charge in [-0.05, 0) is 40.0 Å². The van der Waals surface area contributed by atoms with Crippen LogP contribution in [0, 0.1) is 0 Å². The van der Waals surface area contributed by atoms with E-state index >= 15 is 0 Å². The minimum absolute atomic E-state index is 0.102. The SMILES string of the molecule is CC(C)(C)OC(=O)N1[C@@H]2CCC[C@@]21C=O. The van der Waals surface area contributed by atoms with Crippen LogP contribution in [0.4, 0.5) is 4.79 Å². The van der Waals surface area contributed by atoms with Gasteiger partial charge in [0.15, 0.2) is 0 Å². The van der Waals surface area contributed by atoms with Crippen LogP contribution < -0.4 is 0 Å². The number of aldehydes is 1. The van der Waals surface area contributed by atoms with Crippen molar-refractivity contribution in [3.63, 3.8) is 0 Å². The molecular weight excluding hydrogens is 194 g/mol. The average molecular weight is 211 g/mol. The second-order valence-corrected chi connectivity index (χ2v) is 5.37. The molecule has 84 valence electrons. The first-order valence-electron chi connectivity index (χ1n) is 5.39. The van der Waals surface area contributed by atoms with E-state index in [0.717, 1.165) is 25.5 Å². The zero-order valence-electron chi connectivity index (χ0n) is 9.45. The molecule has 1 aliphatic heterocycles. The Morgan fingerprint density at radius 3 is 2.67 bits per heavy atom. The standard InChI is InChI=1S/C11H17NO3/c1-10(2,3)15-9(14)12-8-5-4-6-11(8,12)7-13/h7-8H,4-6H2,1-3H3/t8-,11-,12?/m1/s1. The lowest BCUT2D eigenvalue weighted by Gasteiger charge is -2.21. The number of likely N-dealkylation sites (tertiary alicyclic amines) is 1. The molecule has 15 heavy (non-hydrogen) atoms. The summed E-state index contributed by atoms with van der Waals surface area (Å²) < 4.78 is 5.25. The molecule has 2 fully saturated rings. The van der Waals surface area contributed by atoms with Gasteiger partial charge in [-0.15, -0.1) is 0 Å². The summed E-state index contributed by atoms with van der Waals surface area (Å²) in [6.07, 6.45) is 3.31. The first-order chi connectivity index (χ1) is 6.91. The van der Waals surface area contributed by atoms with Crippen molar-refractivity contribution >= 4 is 12.4 Å². The highest BCUT2D eigenvalue weighted by atomic mass is 16.6. The van der Waals surface area contributed by atoms with Crippen molar-refractivity contribution in [3.05, 3.63) is 0 Å². The Morgan fingerprint density at radius 2 is 2.20 bits per heavy atom.